The van der Waals surface area contributed by atoms with Crippen LogP contribution < -0.4 is 5.32 Å². The van der Waals surface area contributed by atoms with Crippen LogP contribution in [0.1, 0.15) is 12.5 Å². The van der Waals surface area contributed by atoms with Crippen molar-refractivity contribution in [3.05, 3.63) is 29.8 Å². The van der Waals surface area contributed by atoms with E-state index in [-0.39, 0.29) is 23.8 Å². The first kappa shape index (κ1) is 11.2. The summed E-state index contributed by atoms with van der Waals surface area (Å²) in [5, 5.41) is 12.0. The number of rotatable bonds is 2. The Labute approximate surface area is 97.7 Å². The van der Waals surface area contributed by atoms with Gasteiger partial charge in [-0.25, -0.2) is 4.79 Å². The largest absolute Gasteiger partial charge is 0.508 e. The highest BCUT2D eigenvalue weighted by atomic mass is 16.5. The van der Waals surface area contributed by atoms with E-state index in [0.29, 0.717) is 11.3 Å². The third kappa shape index (κ3) is 2.13. The molecule has 0 saturated heterocycles. The summed E-state index contributed by atoms with van der Waals surface area (Å²) in [4.78, 5) is 22.9. The zero-order valence-corrected chi connectivity index (χ0v) is 9.19. The van der Waals surface area contributed by atoms with Crippen LogP contribution in [0.25, 0.3) is 5.57 Å². The molecule has 0 saturated carbocycles. The zero-order valence-electron chi connectivity index (χ0n) is 9.19. The first-order valence-electron chi connectivity index (χ1n) is 5.15. The zero-order chi connectivity index (χ0) is 12.4. The molecule has 0 fully saturated rings. The van der Waals surface area contributed by atoms with Crippen LogP contribution in [0, 0.1) is 0 Å². The maximum Gasteiger partial charge on any atom is 0.331 e. The van der Waals surface area contributed by atoms with Crippen molar-refractivity contribution >= 4 is 23.1 Å². The fourth-order valence-electron chi connectivity index (χ4n) is 1.62. The van der Waals surface area contributed by atoms with Gasteiger partial charge in [-0.05, 0) is 25.1 Å². The van der Waals surface area contributed by atoms with Gasteiger partial charge in [-0.3, -0.25) is 4.79 Å². The number of aromatic hydroxyl groups is 1. The lowest BCUT2D eigenvalue weighted by Crippen LogP contribution is -2.07. The Morgan fingerprint density at radius 2 is 2.29 bits per heavy atom. The third-order valence-electron chi connectivity index (χ3n) is 2.33. The number of fused-ring (bicyclic) bond motifs is 1. The number of phenolic OH excluding ortho intramolecular Hbond substituents is 1. The Bertz CT molecular complexity index is 519. The van der Waals surface area contributed by atoms with Crippen LogP contribution in [0.15, 0.2) is 24.3 Å². The molecule has 0 aliphatic carbocycles. The van der Waals surface area contributed by atoms with E-state index < -0.39 is 5.97 Å². The van der Waals surface area contributed by atoms with Crippen LogP contribution in [0.2, 0.25) is 0 Å². The molecule has 1 aromatic carbocycles. The van der Waals surface area contributed by atoms with E-state index in [0.717, 1.165) is 6.08 Å². The van der Waals surface area contributed by atoms with Crippen LogP contribution >= 0.6 is 0 Å². The quantitative estimate of drug-likeness (QED) is 0.458. The fraction of sp³-hybridized carbons (Fsp3) is 0.167. The van der Waals surface area contributed by atoms with Crippen molar-refractivity contribution in [1.29, 1.82) is 0 Å². The molecule has 0 bridgehead atoms. The van der Waals surface area contributed by atoms with Crippen molar-refractivity contribution in [3.63, 3.8) is 0 Å². The second-order valence-electron chi connectivity index (χ2n) is 3.49. The van der Waals surface area contributed by atoms with Crippen LogP contribution in [0.4, 0.5) is 5.69 Å². The van der Waals surface area contributed by atoms with E-state index in [1.54, 1.807) is 13.0 Å². The Balaban J connectivity index is 2.40. The van der Waals surface area contributed by atoms with Gasteiger partial charge in [0.05, 0.1) is 12.2 Å². The Kier molecular flexibility index (Phi) is 2.82. The van der Waals surface area contributed by atoms with Gasteiger partial charge in [-0.1, -0.05) is 0 Å². The summed E-state index contributed by atoms with van der Waals surface area (Å²) in [6, 6.07) is 4.47. The van der Waals surface area contributed by atoms with Crippen LogP contribution in [-0.2, 0) is 14.3 Å². The number of ether oxygens (including phenoxy) is 1. The van der Waals surface area contributed by atoms with Gasteiger partial charge in [0, 0.05) is 17.3 Å². The van der Waals surface area contributed by atoms with Gasteiger partial charge >= 0.3 is 5.97 Å². The number of nitrogens with one attached hydrogen (secondary N) is 1. The van der Waals surface area contributed by atoms with E-state index in [1.807, 2.05) is 0 Å². The summed E-state index contributed by atoms with van der Waals surface area (Å²) in [7, 11) is 0. The van der Waals surface area contributed by atoms with Gasteiger partial charge in [0.15, 0.2) is 0 Å². The summed E-state index contributed by atoms with van der Waals surface area (Å²) >= 11 is 0. The van der Waals surface area contributed by atoms with E-state index in [2.05, 4.69) is 5.32 Å². The highest BCUT2D eigenvalue weighted by molar-refractivity contribution is 6.33. The molecule has 0 atom stereocenters. The molecule has 1 aromatic rings. The Morgan fingerprint density at radius 1 is 1.53 bits per heavy atom. The number of hydrogen-bond acceptors (Lipinski definition) is 4. The van der Waals surface area contributed by atoms with E-state index in [4.69, 9.17) is 4.74 Å². The summed E-state index contributed by atoms with van der Waals surface area (Å²) in [5.74, 6) is -0.914. The molecular weight excluding hydrogens is 222 g/mol. The molecule has 1 aliphatic rings. The van der Waals surface area contributed by atoms with Crippen molar-refractivity contribution in [2.75, 3.05) is 11.9 Å². The number of anilines is 1. The normalized spacial score (nSPS) is 15.6. The minimum Gasteiger partial charge on any atom is -0.508 e. The molecule has 0 spiro atoms. The highest BCUT2D eigenvalue weighted by Gasteiger charge is 2.25. The first-order valence-corrected chi connectivity index (χ1v) is 5.15. The molecule has 5 nitrogen and oxygen atoms in total. The lowest BCUT2D eigenvalue weighted by Gasteiger charge is -1.99. The highest BCUT2D eigenvalue weighted by Crippen LogP contribution is 2.34. The molecule has 88 valence electrons. The summed E-state index contributed by atoms with van der Waals surface area (Å²) in [5.41, 5.74) is 1.28. The number of carbonyl (C=O) groups excluding carboxylic acids is 2. The SMILES string of the molecule is CCOC(=O)/C=C1/C(=O)Nc2ccc(O)cc21. The smallest absolute Gasteiger partial charge is 0.331 e. The Morgan fingerprint density at radius 3 is 3.00 bits per heavy atom. The number of amides is 1. The molecule has 0 radical (unpaired) electrons. The molecule has 5 heteroatoms. The van der Waals surface area contributed by atoms with Crippen molar-refractivity contribution in [2.24, 2.45) is 0 Å². The van der Waals surface area contributed by atoms with Crippen molar-refractivity contribution in [3.8, 4) is 5.75 Å². The molecule has 2 rings (SSSR count). The minimum atomic E-state index is -0.575. The average Bonchev–Trinajstić information content (AvgIpc) is 2.56. The lowest BCUT2D eigenvalue weighted by molar-refractivity contribution is -0.137. The molecule has 17 heavy (non-hydrogen) atoms. The molecule has 2 N–H and O–H groups in total. The standard InChI is InChI=1S/C12H11NO4/c1-2-17-11(15)6-9-8-5-7(14)3-4-10(8)13-12(9)16/h3-6,14H,2H2,1H3,(H,13,16)/b9-6+. The predicted octanol–water partition coefficient (Wildman–Crippen LogP) is 1.29. The van der Waals surface area contributed by atoms with Crippen molar-refractivity contribution in [2.45, 2.75) is 6.92 Å². The summed E-state index contributed by atoms with van der Waals surface area (Å²) in [6.45, 7) is 1.93. The molecule has 0 unspecified atom stereocenters. The van der Waals surface area contributed by atoms with Crippen molar-refractivity contribution in [1.82, 2.24) is 0 Å². The van der Waals surface area contributed by atoms with Gasteiger partial charge in [0.1, 0.15) is 5.75 Å². The second kappa shape index (κ2) is 4.29. The maximum absolute atomic E-state index is 11.6. The first-order chi connectivity index (χ1) is 8.11. The monoisotopic (exact) mass is 233 g/mol. The molecule has 1 heterocycles. The summed E-state index contributed by atoms with van der Waals surface area (Å²) < 4.78 is 4.74. The van der Waals surface area contributed by atoms with E-state index >= 15 is 0 Å². The summed E-state index contributed by atoms with van der Waals surface area (Å²) in [6.07, 6.45) is 1.13. The maximum atomic E-state index is 11.6. The third-order valence-corrected chi connectivity index (χ3v) is 2.33. The topological polar surface area (TPSA) is 75.6 Å². The van der Waals surface area contributed by atoms with Crippen LogP contribution in [0.5, 0.6) is 5.75 Å². The van der Waals surface area contributed by atoms with Gasteiger partial charge in [0.2, 0.25) is 0 Å². The van der Waals surface area contributed by atoms with Gasteiger partial charge in [-0.2, -0.15) is 0 Å². The molecular formula is C12H11NO4. The number of hydrogen-bond donors (Lipinski definition) is 2. The second-order valence-corrected chi connectivity index (χ2v) is 3.49. The Hall–Kier alpha value is -2.30. The van der Waals surface area contributed by atoms with Crippen molar-refractivity contribution < 1.29 is 19.4 Å². The average molecular weight is 233 g/mol. The molecule has 0 aromatic heterocycles. The van der Waals surface area contributed by atoms with E-state index in [9.17, 15) is 14.7 Å². The number of carbonyl (C=O) groups is 2. The van der Waals surface area contributed by atoms with Crippen LogP contribution in [-0.4, -0.2) is 23.6 Å². The minimum absolute atomic E-state index is 0.0370. The van der Waals surface area contributed by atoms with Gasteiger partial charge in [0.25, 0.3) is 5.91 Å². The van der Waals surface area contributed by atoms with Gasteiger partial charge in [-0.15, -0.1) is 0 Å². The molecule has 1 amide bonds. The fourth-order valence-corrected chi connectivity index (χ4v) is 1.62. The number of phenols is 1. The lowest BCUT2D eigenvalue weighted by atomic mass is 10.1. The van der Waals surface area contributed by atoms with Gasteiger partial charge < -0.3 is 15.2 Å². The molecule has 1 aliphatic heterocycles. The predicted molar refractivity (Wildman–Crippen MR) is 61.3 cm³/mol. The number of esters is 1. The number of benzene rings is 1. The van der Waals surface area contributed by atoms with Crippen LogP contribution in [0.3, 0.4) is 0 Å². The van der Waals surface area contributed by atoms with E-state index in [1.165, 1.54) is 12.1 Å².